The summed E-state index contributed by atoms with van der Waals surface area (Å²) in [6, 6.07) is 0.0757. The maximum Gasteiger partial charge on any atom is 0.226 e. The first-order valence-electron chi connectivity index (χ1n) is 5.63. The van der Waals surface area contributed by atoms with Crippen LogP contribution in [0.15, 0.2) is 5.38 Å². The van der Waals surface area contributed by atoms with Gasteiger partial charge in [-0.1, -0.05) is 6.92 Å². The fraction of sp³-hybridized carbons (Fsp3) is 0.636. The molecule has 17 heavy (non-hydrogen) atoms. The number of rotatable bonds is 4. The van der Waals surface area contributed by atoms with Gasteiger partial charge < -0.3 is 10.6 Å². The van der Waals surface area contributed by atoms with Crippen molar-refractivity contribution in [1.29, 1.82) is 0 Å². The maximum atomic E-state index is 11.8. The zero-order chi connectivity index (χ0) is 11.5. The van der Waals surface area contributed by atoms with E-state index in [1.165, 1.54) is 0 Å². The third-order valence-corrected chi connectivity index (χ3v) is 3.89. The number of hydrogen-bond donors (Lipinski definition) is 2. The highest BCUT2D eigenvalue weighted by Crippen LogP contribution is 2.21. The molecule has 4 nitrogen and oxygen atoms in total. The molecular formula is C11H18ClN3OS. The van der Waals surface area contributed by atoms with Gasteiger partial charge in [0.15, 0.2) is 0 Å². The topological polar surface area (TPSA) is 54.0 Å². The molecule has 1 aromatic heterocycles. The van der Waals surface area contributed by atoms with Crippen LogP contribution >= 0.6 is 23.7 Å². The van der Waals surface area contributed by atoms with Crippen LogP contribution in [0.1, 0.15) is 30.1 Å². The summed E-state index contributed by atoms with van der Waals surface area (Å²) in [6.45, 7) is 5.66. The first-order valence-corrected chi connectivity index (χ1v) is 6.51. The Labute approximate surface area is 112 Å². The van der Waals surface area contributed by atoms with Gasteiger partial charge in [-0.3, -0.25) is 4.79 Å². The van der Waals surface area contributed by atoms with Crippen LogP contribution in [0.3, 0.4) is 0 Å². The summed E-state index contributed by atoms with van der Waals surface area (Å²) >= 11 is 1.62. The van der Waals surface area contributed by atoms with Crippen LogP contribution < -0.4 is 10.6 Å². The molecule has 6 heteroatoms. The number of hydrogen-bond acceptors (Lipinski definition) is 4. The molecule has 0 radical (unpaired) electrons. The minimum atomic E-state index is 0. The van der Waals surface area contributed by atoms with Crippen molar-refractivity contribution in [3.05, 3.63) is 16.1 Å². The normalized spacial score (nSPS) is 16.8. The Morgan fingerprint density at radius 3 is 2.82 bits per heavy atom. The zero-order valence-electron chi connectivity index (χ0n) is 10.0. The van der Waals surface area contributed by atoms with E-state index in [1.54, 1.807) is 11.3 Å². The number of thiazole rings is 1. The number of carbonyl (C=O) groups is 1. The molecule has 0 aromatic carbocycles. The zero-order valence-corrected chi connectivity index (χ0v) is 11.7. The number of amides is 1. The highest BCUT2D eigenvalue weighted by Gasteiger charge is 2.27. The van der Waals surface area contributed by atoms with Gasteiger partial charge in [-0.2, -0.15) is 0 Å². The smallest absolute Gasteiger partial charge is 0.226 e. The summed E-state index contributed by atoms with van der Waals surface area (Å²) < 4.78 is 0. The van der Waals surface area contributed by atoms with Crippen LogP contribution in [0.2, 0.25) is 0 Å². The summed E-state index contributed by atoms with van der Waals surface area (Å²) in [7, 11) is 0. The highest BCUT2D eigenvalue weighted by molar-refractivity contribution is 7.09. The Kier molecular flexibility index (Phi) is 5.36. The Morgan fingerprint density at radius 2 is 2.41 bits per heavy atom. The Morgan fingerprint density at radius 1 is 1.71 bits per heavy atom. The minimum absolute atomic E-state index is 0. The average molecular weight is 276 g/mol. The highest BCUT2D eigenvalue weighted by atomic mass is 35.5. The number of aromatic nitrogens is 1. The molecule has 0 saturated carbocycles. The van der Waals surface area contributed by atoms with E-state index in [2.05, 4.69) is 22.5 Å². The van der Waals surface area contributed by atoms with Gasteiger partial charge in [-0.15, -0.1) is 23.7 Å². The molecule has 1 aliphatic rings. The molecule has 2 N–H and O–H groups in total. The van der Waals surface area contributed by atoms with E-state index in [0.717, 1.165) is 30.2 Å². The molecule has 1 atom stereocenters. The number of nitrogens with one attached hydrogen (secondary N) is 2. The molecule has 0 bridgehead atoms. The van der Waals surface area contributed by atoms with E-state index in [1.807, 2.05) is 12.3 Å². The lowest BCUT2D eigenvalue weighted by molar-refractivity contribution is -0.127. The van der Waals surface area contributed by atoms with E-state index >= 15 is 0 Å². The summed E-state index contributed by atoms with van der Waals surface area (Å²) in [6.07, 6.45) is 0.888. The fourth-order valence-corrected chi connectivity index (χ4v) is 2.56. The van der Waals surface area contributed by atoms with E-state index in [0.29, 0.717) is 0 Å². The molecule has 1 saturated heterocycles. The van der Waals surface area contributed by atoms with Gasteiger partial charge >= 0.3 is 0 Å². The van der Waals surface area contributed by atoms with Crippen LogP contribution in [0.5, 0.6) is 0 Å². The Hall–Kier alpha value is -0.650. The third kappa shape index (κ3) is 3.40. The van der Waals surface area contributed by atoms with Crippen molar-refractivity contribution in [2.24, 2.45) is 5.92 Å². The van der Waals surface area contributed by atoms with Gasteiger partial charge in [-0.25, -0.2) is 4.98 Å². The maximum absolute atomic E-state index is 11.8. The molecule has 1 unspecified atom stereocenters. The van der Waals surface area contributed by atoms with Gasteiger partial charge in [0, 0.05) is 24.2 Å². The van der Waals surface area contributed by atoms with Gasteiger partial charge in [0.1, 0.15) is 5.01 Å². The lowest BCUT2D eigenvalue weighted by Crippen LogP contribution is -2.51. The van der Waals surface area contributed by atoms with Gasteiger partial charge in [0.05, 0.1) is 12.0 Å². The molecule has 1 amide bonds. The standard InChI is InChI=1S/C11H17N3OS.ClH/c1-3-9(11-13-7(2)6-16-11)14-10(15)8-4-12-5-8;/h6,8-9,12H,3-5H2,1-2H3,(H,14,15);1H. The molecule has 0 spiro atoms. The monoisotopic (exact) mass is 275 g/mol. The number of carbonyl (C=O) groups excluding carboxylic acids is 1. The first kappa shape index (κ1) is 14.4. The molecule has 1 fully saturated rings. The number of aryl methyl sites for hydroxylation is 1. The van der Waals surface area contributed by atoms with E-state index in [9.17, 15) is 4.79 Å². The van der Waals surface area contributed by atoms with Crippen molar-refractivity contribution >= 4 is 29.7 Å². The van der Waals surface area contributed by atoms with Crippen LogP contribution in [-0.4, -0.2) is 24.0 Å². The van der Waals surface area contributed by atoms with Crippen molar-refractivity contribution in [2.75, 3.05) is 13.1 Å². The lowest BCUT2D eigenvalue weighted by Gasteiger charge is -2.27. The molecule has 2 rings (SSSR count). The van der Waals surface area contributed by atoms with Crippen molar-refractivity contribution in [3.8, 4) is 0 Å². The van der Waals surface area contributed by atoms with Crippen LogP contribution in [0.4, 0.5) is 0 Å². The van der Waals surface area contributed by atoms with Crippen LogP contribution in [0, 0.1) is 12.8 Å². The number of halogens is 1. The predicted octanol–water partition coefficient (Wildman–Crippen LogP) is 1.66. The van der Waals surface area contributed by atoms with Gasteiger partial charge in [-0.05, 0) is 13.3 Å². The van der Waals surface area contributed by atoms with Gasteiger partial charge in [0.25, 0.3) is 0 Å². The summed E-state index contributed by atoms with van der Waals surface area (Å²) in [5, 5.41) is 9.21. The quantitative estimate of drug-likeness (QED) is 0.879. The van der Waals surface area contributed by atoms with Crippen molar-refractivity contribution in [2.45, 2.75) is 26.3 Å². The summed E-state index contributed by atoms with van der Waals surface area (Å²) in [4.78, 5) is 16.2. The predicted molar refractivity (Wildman–Crippen MR) is 71.6 cm³/mol. The average Bonchev–Trinajstić information content (AvgIpc) is 2.58. The van der Waals surface area contributed by atoms with Crippen molar-refractivity contribution in [3.63, 3.8) is 0 Å². The second kappa shape index (κ2) is 6.33. The fourth-order valence-electron chi connectivity index (χ4n) is 1.63. The molecular weight excluding hydrogens is 258 g/mol. The van der Waals surface area contributed by atoms with Crippen LogP contribution in [-0.2, 0) is 4.79 Å². The lowest BCUT2D eigenvalue weighted by atomic mass is 10.0. The number of nitrogens with zero attached hydrogens (tertiary/aromatic N) is 1. The Bertz CT molecular complexity index is 379. The minimum Gasteiger partial charge on any atom is -0.347 e. The second-order valence-corrected chi connectivity index (χ2v) is 5.04. The summed E-state index contributed by atoms with van der Waals surface area (Å²) in [5.41, 5.74) is 1.03. The SMILES string of the molecule is CCC(NC(=O)C1CNC1)c1nc(C)cs1.Cl. The van der Waals surface area contributed by atoms with Crippen LogP contribution in [0.25, 0.3) is 0 Å². The van der Waals surface area contributed by atoms with E-state index in [-0.39, 0.29) is 30.3 Å². The van der Waals surface area contributed by atoms with E-state index < -0.39 is 0 Å². The molecule has 1 aliphatic heterocycles. The third-order valence-electron chi connectivity index (χ3n) is 2.81. The summed E-state index contributed by atoms with van der Waals surface area (Å²) in [5.74, 6) is 0.300. The second-order valence-electron chi connectivity index (χ2n) is 4.15. The molecule has 2 heterocycles. The van der Waals surface area contributed by atoms with E-state index in [4.69, 9.17) is 0 Å². The largest absolute Gasteiger partial charge is 0.347 e. The Balaban J connectivity index is 0.00000144. The van der Waals surface area contributed by atoms with Crippen molar-refractivity contribution < 1.29 is 4.79 Å². The molecule has 1 aromatic rings. The molecule has 0 aliphatic carbocycles. The molecule has 96 valence electrons. The van der Waals surface area contributed by atoms with Crippen molar-refractivity contribution in [1.82, 2.24) is 15.6 Å². The first-order chi connectivity index (χ1) is 7.70. The van der Waals surface area contributed by atoms with Gasteiger partial charge in [0.2, 0.25) is 5.91 Å².